The first-order chi connectivity index (χ1) is 24.3. The molecule has 3 heterocycles. The SMILES string of the molecule is CCOc1ccc(C(=O)Oc2c(-c3nc4ccccc4oc3=O)c(=O)n3c(c2C(=O)c2ccc(OCC)cc2)c(=O)oc2ccccc23)cc1. The monoisotopic (exact) mass is 670 g/mol. The summed E-state index contributed by atoms with van der Waals surface area (Å²) >= 11 is 0. The molecule has 50 heavy (non-hydrogen) atoms. The third kappa shape index (κ3) is 5.58. The number of nitrogens with zero attached hydrogens (tertiary/aromatic N) is 2. The molecule has 3 aromatic heterocycles. The van der Waals surface area contributed by atoms with Crippen LogP contribution in [0.3, 0.4) is 0 Å². The van der Waals surface area contributed by atoms with E-state index in [1.54, 1.807) is 61.5 Å². The van der Waals surface area contributed by atoms with Gasteiger partial charge in [0.1, 0.15) is 22.6 Å². The van der Waals surface area contributed by atoms with Gasteiger partial charge in [0.05, 0.1) is 29.9 Å². The lowest BCUT2D eigenvalue weighted by atomic mass is 9.98. The Bertz CT molecular complexity index is 2640. The van der Waals surface area contributed by atoms with Gasteiger partial charge in [-0.15, -0.1) is 0 Å². The summed E-state index contributed by atoms with van der Waals surface area (Å²) in [6.07, 6.45) is 0. The molecule has 0 N–H and O–H groups in total. The molecule has 0 amide bonds. The number of ether oxygens (including phenoxy) is 3. The van der Waals surface area contributed by atoms with Crippen molar-refractivity contribution in [2.24, 2.45) is 0 Å². The molecule has 12 heteroatoms. The van der Waals surface area contributed by atoms with Crippen LogP contribution in [-0.4, -0.2) is 34.4 Å². The molecule has 0 aliphatic rings. The van der Waals surface area contributed by atoms with E-state index in [2.05, 4.69) is 4.98 Å². The topological polar surface area (TPSA) is 157 Å². The van der Waals surface area contributed by atoms with Gasteiger partial charge in [0.15, 0.2) is 33.9 Å². The molecular formula is C38H26N2O10. The van der Waals surface area contributed by atoms with Crippen molar-refractivity contribution in [3.63, 3.8) is 0 Å². The predicted molar refractivity (Wildman–Crippen MR) is 183 cm³/mol. The van der Waals surface area contributed by atoms with Gasteiger partial charge >= 0.3 is 17.2 Å². The minimum Gasteiger partial charge on any atom is -0.494 e. The van der Waals surface area contributed by atoms with E-state index in [9.17, 15) is 24.0 Å². The molecule has 0 spiro atoms. The van der Waals surface area contributed by atoms with Crippen LogP contribution in [0.15, 0.2) is 120 Å². The van der Waals surface area contributed by atoms with Gasteiger partial charge in [-0.3, -0.25) is 14.0 Å². The van der Waals surface area contributed by atoms with Crippen molar-refractivity contribution in [2.45, 2.75) is 13.8 Å². The predicted octanol–water partition coefficient (Wildman–Crippen LogP) is 5.82. The quantitative estimate of drug-likeness (QED) is 0.104. The summed E-state index contributed by atoms with van der Waals surface area (Å²) in [5.74, 6) is -1.54. The largest absolute Gasteiger partial charge is 0.494 e. The molecule has 0 aliphatic heterocycles. The lowest BCUT2D eigenvalue weighted by Crippen LogP contribution is -2.29. The van der Waals surface area contributed by atoms with E-state index >= 15 is 0 Å². The zero-order valence-electron chi connectivity index (χ0n) is 26.6. The van der Waals surface area contributed by atoms with Gasteiger partial charge in [-0.1, -0.05) is 24.3 Å². The highest BCUT2D eigenvalue weighted by atomic mass is 16.5. The first-order valence-electron chi connectivity index (χ1n) is 15.6. The molecule has 7 aromatic rings. The maximum Gasteiger partial charge on any atom is 0.363 e. The number of fused-ring (bicyclic) bond motifs is 4. The number of aromatic nitrogens is 2. The van der Waals surface area contributed by atoms with Crippen LogP contribution in [-0.2, 0) is 0 Å². The lowest BCUT2D eigenvalue weighted by molar-refractivity contribution is 0.0733. The van der Waals surface area contributed by atoms with Crippen molar-refractivity contribution in [1.82, 2.24) is 9.38 Å². The van der Waals surface area contributed by atoms with Crippen molar-refractivity contribution in [3.8, 4) is 28.5 Å². The molecule has 0 unspecified atom stereocenters. The van der Waals surface area contributed by atoms with E-state index in [0.29, 0.717) is 24.7 Å². The van der Waals surface area contributed by atoms with Crippen molar-refractivity contribution in [2.75, 3.05) is 13.2 Å². The number of hydrogen-bond acceptors (Lipinski definition) is 11. The van der Waals surface area contributed by atoms with E-state index < -0.39 is 56.7 Å². The van der Waals surface area contributed by atoms with Crippen LogP contribution in [0, 0.1) is 0 Å². The third-order valence-corrected chi connectivity index (χ3v) is 7.81. The van der Waals surface area contributed by atoms with Gasteiger partial charge in [-0.2, -0.15) is 0 Å². The van der Waals surface area contributed by atoms with Gasteiger partial charge in [0.2, 0.25) is 0 Å². The van der Waals surface area contributed by atoms with E-state index in [0.717, 1.165) is 4.40 Å². The van der Waals surface area contributed by atoms with Crippen molar-refractivity contribution < 1.29 is 32.6 Å². The Kier molecular flexibility index (Phi) is 8.26. The summed E-state index contributed by atoms with van der Waals surface area (Å²) in [5, 5.41) is 0. The second kappa shape index (κ2) is 13.0. The number of carbonyl (C=O) groups is 2. The number of hydrogen-bond donors (Lipinski definition) is 0. The number of ketones is 1. The Morgan fingerprint density at radius 3 is 1.94 bits per heavy atom. The van der Waals surface area contributed by atoms with E-state index in [1.807, 2.05) is 6.92 Å². The van der Waals surface area contributed by atoms with Crippen molar-refractivity contribution >= 4 is 39.5 Å². The standard InChI is InChI=1S/C38H26N2O10/c1-3-46-23-17-13-21(14-18-23)33(41)30-32-38(45)49-28-12-8-6-10-26(28)40(32)35(42)29(31-37(44)48-27-11-7-5-9-25(27)39-31)34(30)50-36(43)22-15-19-24(20-16-22)47-4-2/h5-20H,3-4H2,1-2H3. The summed E-state index contributed by atoms with van der Waals surface area (Å²) in [7, 11) is 0. The number of benzene rings is 4. The highest BCUT2D eigenvalue weighted by molar-refractivity contribution is 6.17. The fourth-order valence-electron chi connectivity index (χ4n) is 5.60. The molecule has 248 valence electrons. The van der Waals surface area contributed by atoms with Gasteiger partial charge < -0.3 is 23.0 Å². The van der Waals surface area contributed by atoms with Gasteiger partial charge in [-0.25, -0.2) is 19.4 Å². The zero-order valence-corrected chi connectivity index (χ0v) is 26.6. The Balaban J connectivity index is 1.60. The highest BCUT2D eigenvalue weighted by Gasteiger charge is 2.33. The van der Waals surface area contributed by atoms with Crippen LogP contribution in [0.25, 0.3) is 39.0 Å². The Morgan fingerprint density at radius 1 is 0.700 bits per heavy atom. The summed E-state index contributed by atoms with van der Waals surface area (Å²) in [4.78, 5) is 74.9. The number of para-hydroxylation sites is 4. The summed E-state index contributed by atoms with van der Waals surface area (Å²) in [6, 6.07) is 24.5. The Morgan fingerprint density at radius 2 is 1.28 bits per heavy atom. The average molecular weight is 671 g/mol. The molecule has 0 atom stereocenters. The van der Waals surface area contributed by atoms with Crippen LogP contribution in [0.1, 0.15) is 40.1 Å². The number of rotatable bonds is 9. The zero-order chi connectivity index (χ0) is 34.9. The second-order valence-corrected chi connectivity index (χ2v) is 10.9. The number of pyridine rings is 1. The van der Waals surface area contributed by atoms with E-state index in [1.165, 1.54) is 42.5 Å². The normalized spacial score (nSPS) is 11.2. The molecule has 0 bridgehead atoms. The summed E-state index contributed by atoms with van der Waals surface area (Å²) in [6.45, 7) is 4.39. The highest BCUT2D eigenvalue weighted by Crippen LogP contribution is 2.35. The number of esters is 1. The van der Waals surface area contributed by atoms with Gasteiger partial charge in [0, 0.05) is 5.56 Å². The maximum atomic E-state index is 14.7. The molecule has 4 aromatic carbocycles. The van der Waals surface area contributed by atoms with Crippen LogP contribution < -0.4 is 31.0 Å². The van der Waals surface area contributed by atoms with Crippen molar-refractivity contribution in [1.29, 1.82) is 0 Å². The molecule has 0 aliphatic carbocycles. The molecule has 0 radical (unpaired) electrons. The average Bonchev–Trinajstić information content (AvgIpc) is 3.12. The molecule has 0 fully saturated rings. The number of carbonyl (C=O) groups excluding carboxylic acids is 2. The fraction of sp³-hybridized carbons (Fsp3) is 0.105. The molecule has 7 rings (SSSR count). The first-order valence-corrected chi connectivity index (χ1v) is 15.6. The molecule has 12 nitrogen and oxygen atoms in total. The summed E-state index contributed by atoms with van der Waals surface area (Å²) < 4.78 is 29.0. The van der Waals surface area contributed by atoms with Crippen LogP contribution >= 0.6 is 0 Å². The van der Waals surface area contributed by atoms with E-state index in [-0.39, 0.29) is 33.3 Å². The van der Waals surface area contributed by atoms with Crippen LogP contribution in [0.4, 0.5) is 0 Å². The van der Waals surface area contributed by atoms with E-state index in [4.69, 9.17) is 23.0 Å². The Labute approximate surface area is 281 Å². The van der Waals surface area contributed by atoms with Gasteiger partial charge in [0.25, 0.3) is 5.56 Å². The molecule has 0 saturated carbocycles. The third-order valence-electron chi connectivity index (χ3n) is 7.81. The van der Waals surface area contributed by atoms with Crippen LogP contribution in [0.2, 0.25) is 0 Å². The smallest absolute Gasteiger partial charge is 0.363 e. The fourth-order valence-corrected chi connectivity index (χ4v) is 5.60. The second-order valence-electron chi connectivity index (χ2n) is 10.9. The molecule has 0 saturated heterocycles. The lowest BCUT2D eigenvalue weighted by Gasteiger charge is -2.17. The first kappa shape index (κ1) is 31.8. The van der Waals surface area contributed by atoms with Crippen molar-refractivity contribution in [3.05, 3.63) is 145 Å². The van der Waals surface area contributed by atoms with Crippen LogP contribution in [0.5, 0.6) is 17.2 Å². The Hall–Kier alpha value is -6.82. The maximum absolute atomic E-state index is 14.7. The molecular weight excluding hydrogens is 644 g/mol. The summed E-state index contributed by atoms with van der Waals surface area (Å²) in [5.41, 5.74) is -4.75. The van der Waals surface area contributed by atoms with Gasteiger partial charge in [-0.05, 0) is 86.6 Å². The minimum absolute atomic E-state index is 0.0168. The minimum atomic E-state index is -1.07.